The van der Waals surface area contributed by atoms with E-state index in [1.54, 1.807) is 0 Å². The molecule has 0 spiro atoms. The normalized spacial score (nSPS) is 10.1. The van der Waals surface area contributed by atoms with Crippen molar-refractivity contribution in [3.63, 3.8) is 0 Å². The molecule has 0 unspecified atom stereocenters. The van der Waals surface area contributed by atoms with Crippen LogP contribution in [0.2, 0.25) is 15.9 Å². The first-order chi connectivity index (χ1) is 17.1. The molecule has 0 fully saturated rings. The molecule has 0 aliphatic carbocycles. The van der Waals surface area contributed by atoms with Gasteiger partial charge in [0.25, 0.3) is 17.8 Å². The van der Waals surface area contributed by atoms with E-state index in [9.17, 15) is 0 Å². The predicted molar refractivity (Wildman–Crippen MR) is 107 cm³/mol. The first kappa shape index (κ1) is 23.3. The zero-order valence-electron chi connectivity index (χ0n) is 16.3. The van der Waals surface area contributed by atoms with Crippen LogP contribution < -0.4 is 0 Å². The fourth-order valence-corrected chi connectivity index (χ4v) is 2.45. The highest BCUT2D eigenvalue weighted by atomic mass is 35.5. The number of hydrogen-bond acceptors (Lipinski definition) is 18. The van der Waals surface area contributed by atoms with Crippen molar-refractivity contribution in [2.45, 2.75) is 0 Å². The lowest BCUT2D eigenvalue weighted by atomic mass is 10.8. The van der Waals surface area contributed by atoms with E-state index < -0.39 is 0 Å². The van der Waals surface area contributed by atoms with Crippen molar-refractivity contribution in [1.82, 2.24) is 111 Å². The second-order valence-corrected chi connectivity index (χ2v) is 6.22. The maximum Gasteiger partial charge on any atom is 0.260 e. The van der Waals surface area contributed by atoms with Gasteiger partial charge in [-0.05, 0) is 66.1 Å². The summed E-state index contributed by atoms with van der Waals surface area (Å²) >= 11 is 16.0. The smallest absolute Gasteiger partial charge is 0.187 e. The van der Waals surface area contributed by atoms with Crippen molar-refractivity contribution in [2.24, 2.45) is 0 Å². The van der Waals surface area contributed by atoms with Crippen LogP contribution in [0.1, 0.15) is 0 Å². The number of tetrazole rings is 4. The van der Waals surface area contributed by atoms with Crippen LogP contribution >= 0.6 is 34.8 Å². The predicted octanol–water partition coefficient (Wildman–Crippen LogP) is -2.17. The van der Waals surface area contributed by atoms with E-state index in [-0.39, 0.29) is 33.7 Å². The SMILES string of the molecule is Clc1nc(Cl)nc(Cl)n1.c1nn[nH]n1.c1nnnn1-c1nc(-n2cnnn2)nc(-n2cnnn2)n1. The number of aromatic amines is 1. The topological polar surface area (TPSA) is 263 Å². The standard InChI is InChI=1S/C6H3N15.C3Cl3N3.CH2N4/c1-7-13-16-19(1)4-10-5(20-2-8-14-17-20)12-6(11-4)21-3-9-15-18-21;4-1-7-2(5)9-3(6)8-1;1-2-4-5-3-1/h1-3H;;1H,(H,2,3,4,5). The molecular weight excluding hydrogens is 535 g/mol. The summed E-state index contributed by atoms with van der Waals surface area (Å²) in [5, 5.41) is 44.4. The van der Waals surface area contributed by atoms with Gasteiger partial charge < -0.3 is 0 Å². The molecule has 0 radical (unpaired) electrons. The molecule has 6 aromatic rings. The fraction of sp³-hybridized carbons (Fsp3) is 0. The molecule has 0 amide bonds. The van der Waals surface area contributed by atoms with Crippen LogP contribution in [0.15, 0.2) is 25.3 Å². The van der Waals surface area contributed by atoms with Gasteiger partial charge in [-0.15, -0.1) is 25.5 Å². The largest absolute Gasteiger partial charge is 0.260 e. The Morgan fingerprint density at radius 1 is 0.543 bits per heavy atom. The molecule has 176 valence electrons. The number of nitrogens with one attached hydrogen (secondary N) is 1. The molecule has 0 aromatic carbocycles. The molecule has 0 saturated heterocycles. The van der Waals surface area contributed by atoms with Gasteiger partial charge in [0.15, 0.2) is 6.33 Å². The number of H-pyrrole nitrogens is 1. The average Bonchev–Trinajstić information content (AvgIpc) is 3.69. The lowest BCUT2D eigenvalue weighted by molar-refractivity contribution is 0.670. The Hall–Kier alpha value is -4.83. The molecule has 0 saturated carbocycles. The van der Waals surface area contributed by atoms with Gasteiger partial charge in [-0.25, -0.2) is 0 Å². The molecule has 25 heteroatoms. The quantitative estimate of drug-likeness (QED) is 0.250. The minimum atomic E-state index is 0.000000000000000444. The summed E-state index contributed by atoms with van der Waals surface area (Å²) in [6.45, 7) is 0. The maximum absolute atomic E-state index is 5.32. The van der Waals surface area contributed by atoms with Crippen molar-refractivity contribution in [3.8, 4) is 17.8 Å². The lowest BCUT2D eigenvalue weighted by Crippen LogP contribution is -2.14. The molecular formula is C10H5Cl3N22. The van der Waals surface area contributed by atoms with Crippen molar-refractivity contribution in [3.05, 3.63) is 41.2 Å². The maximum atomic E-state index is 5.32. The Kier molecular flexibility index (Phi) is 7.56. The number of nitrogens with zero attached hydrogens (tertiary/aromatic N) is 21. The zero-order chi connectivity index (χ0) is 24.5. The van der Waals surface area contributed by atoms with Crippen LogP contribution in [-0.2, 0) is 0 Å². The number of halogens is 3. The summed E-state index contributed by atoms with van der Waals surface area (Å²) in [4.78, 5) is 22.9. The van der Waals surface area contributed by atoms with Crippen LogP contribution in [0.4, 0.5) is 0 Å². The molecule has 0 bridgehead atoms. The monoisotopic (exact) mass is 538 g/mol. The Labute approximate surface area is 205 Å². The van der Waals surface area contributed by atoms with E-state index in [2.05, 4.69) is 97.1 Å². The highest BCUT2D eigenvalue weighted by Crippen LogP contribution is 2.09. The molecule has 6 aromatic heterocycles. The van der Waals surface area contributed by atoms with E-state index >= 15 is 0 Å². The number of hydrogen-bond donors (Lipinski definition) is 1. The summed E-state index contributed by atoms with van der Waals surface area (Å²) in [6, 6.07) is 0. The first-order valence-electron chi connectivity index (χ1n) is 8.43. The summed E-state index contributed by atoms with van der Waals surface area (Å²) < 4.78 is 3.76. The van der Waals surface area contributed by atoms with E-state index in [0.29, 0.717) is 0 Å². The molecule has 0 aliphatic heterocycles. The lowest BCUT2D eigenvalue weighted by Gasteiger charge is -2.04. The second kappa shape index (κ2) is 11.3. The van der Waals surface area contributed by atoms with Crippen LogP contribution in [0.3, 0.4) is 0 Å². The van der Waals surface area contributed by atoms with Gasteiger partial charge in [-0.3, -0.25) is 0 Å². The molecule has 6 heterocycles. The summed E-state index contributed by atoms with van der Waals surface area (Å²) in [5.74, 6) is 0.475. The molecule has 1 N–H and O–H groups in total. The minimum Gasteiger partial charge on any atom is -0.187 e. The summed E-state index contributed by atoms with van der Waals surface area (Å²) in [7, 11) is 0. The fourth-order valence-electron chi connectivity index (χ4n) is 1.84. The molecule has 22 nitrogen and oxygen atoms in total. The Morgan fingerprint density at radius 3 is 1.17 bits per heavy atom. The van der Waals surface area contributed by atoms with Crippen molar-refractivity contribution in [1.29, 1.82) is 0 Å². The summed E-state index contributed by atoms with van der Waals surface area (Å²) in [6.07, 6.45) is 5.34. The Balaban J connectivity index is 0.000000169. The highest BCUT2D eigenvalue weighted by Gasteiger charge is 2.13. The van der Waals surface area contributed by atoms with E-state index in [0.717, 1.165) is 0 Å². The van der Waals surface area contributed by atoms with Crippen molar-refractivity contribution < 1.29 is 0 Å². The highest BCUT2D eigenvalue weighted by molar-refractivity contribution is 6.33. The zero-order valence-corrected chi connectivity index (χ0v) is 18.6. The number of aromatic nitrogens is 22. The van der Waals surface area contributed by atoms with Gasteiger partial charge >= 0.3 is 0 Å². The average molecular weight is 540 g/mol. The van der Waals surface area contributed by atoms with Crippen molar-refractivity contribution in [2.75, 3.05) is 0 Å². The van der Waals surface area contributed by atoms with Gasteiger partial charge in [0.05, 0.1) is 0 Å². The van der Waals surface area contributed by atoms with E-state index in [1.807, 2.05) is 0 Å². The van der Waals surface area contributed by atoms with Crippen LogP contribution in [0, 0.1) is 0 Å². The van der Waals surface area contributed by atoms with Crippen LogP contribution in [0.25, 0.3) is 17.8 Å². The summed E-state index contributed by atoms with van der Waals surface area (Å²) in [5.41, 5.74) is 0. The first-order valence-corrected chi connectivity index (χ1v) is 9.57. The minimum absolute atomic E-state index is 0.000000000000000444. The third kappa shape index (κ3) is 6.59. The van der Waals surface area contributed by atoms with E-state index in [1.165, 1.54) is 39.4 Å². The van der Waals surface area contributed by atoms with Crippen LogP contribution in [0.5, 0.6) is 0 Å². The van der Waals surface area contributed by atoms with Gasteiger partial charge in [-0.2, -0.15) is 49.2 Å². The molecule has 6 rings (SSSR count). The van der Waals surface area contributed by atoms with Crippen LogP contribution in [-0.4, -0.2) is 111 Å². The van der Waals surface area contributed by atoms with Gasteiger partial charge in [-0.1, -0.05) is 5.21 Å². The number of rotatable bonds is 3. The third-order valence-electron chi connectivity index (χ3n) is 3.08. The van der Waals surface area contributed by atoms with Gasteiger partial charge in [0, 0.05) is 0 Å². The third-order valence-corrected chi connectivity index (χ3v) is 3.59. The van der Waals surface area contributed by atoms with Gasteiger partial charge in [0.2, 0.25) is 15.9 Å². The molecule has 0 aliphatic rings. The molecule has 35 heavy (non-hydrogen) atoms. The second-order valence-electron chi connectivity index (χ2n) is 5.20. The van der Waals surface area contributed by atoms with Crippen molar-refractivity contribution >= 4 is 34.8 Å². The van der Waals surface area contributed by atoms with E-state index in [4.69, 9.17) is 34.8 Å². The van der Waals surface area contributed by atoms with Gasteiger partial charge in [0.1, 0.15) is 19.0 Å². The Bertz CT molecular complexity index is 1220. The molecule has 0 atom stereocenters. The Morgan fingerprint density at radius 2 is 0.943 bits per heavy atom.